The molecule has 3 atom stereocenters. The topological polar surface area (TPSA) is 188 Å². The summed E-state index contributed by atoms with van der Waals surface area (Å²) in [5, 5.41) is 24.9. The zero-order valence-corrected chi connectivity index (χ0v) is 18.0. The van der Waals surface area contributed by atoms with E-state index >= 15 is 0 Å². The summed E-state index contributed by atoms with van der Waals surface area (Å²) >= 11 is 0. The third kappa shape index (κ3) is 10.0. The van der Waals surface area contributed by atoms with E-state index in [1.54, 1.807) is 13.8 Å². The van der Waals surface area contributed by atoms with Crippen LogP contribution >= 0.6 is 0 Å². The van der Waals surface area contributed by atoms with E-state index in [1.807, 2.05) is 30.3 Å². The summed E-state index contributed by atoms with van der Waals surface area (Å²) in [6.45, 7) is 3.16. The Morgan fingerprint density at radius 3 is 2.09 bits per heavy atom. The van der Waals surface area contributed by atoms with Gasteiger partial charge in [0, 0.05) is 0 Å². The first-order valence-corrected chi connectivity index (χ1v) is 10.1. The molecule has 0 fully saturated rings. The van der Waals surface area contributed by atoms with E-state index in [2.05, 4.69) is 16.0 Å². The first kappa shape index (κ1) is 26.6. The molecule has 0 spiro atoms. The van der Waals surface area contributed by atoms with Crippen LogP contribution in [0, 0.1) is 5.92 Å². The lowest BCUT2D eigenvalue weighted by atomic mass is 10.0. The molecule has 0 heterocycles. The Morgan fingerprint density at radius 2 is 1.56 bits per heavy atom. The largest absolute Gasteiger partial charge is 0.481 e. The molecule has 0 bridgehead atoms. The fraction of sp³-hybridized carbons (Fsp3) is 0.476. The van der Waals surface area contributed by atoms with Crippen LogP contribution < -0.4 is 21.7 Å². The maximum atomic E-state index is 12.5. The number of hydrogen-bond acceptors (Lipinski definition) is 6. The van der Waals surface area contributed by atoms with Gasteiger partial charge in [-0.25, -0.2) is 4.79 Å². The van der Waals surface area contributed by atoms with E-state index in [4.69, 9.17) is 15.9 Å². The number of rotatable bonds is 13. The lowest BCUT2D eigenvalue weighted by Gasteiger charge is -2.22. The second-order valence-electron chi connectivity index (χ2n) is 7.76. The van der Waals surface area contributed by atoms with E-state index in [1.165, 1.54) is 0 Å². The third-order valence-electron chi connectivity index (χ3n) is 4.41. The quantitative estimate of drug-likeness (QED) is 0.226. The van der Waals surface area contributed by atoms with E-state index in [-0.39, 0.29) is 18.8 Å². The van der Waals surface area contributed by atoms with E-state index < -0.39 is 60.8 Å². The number of nitrogens with one attached hydrogen (secondary N) is 3. The minimum atomic E-state index is -1.64. The van der Waals surface area contributed by atoms with Gasteiger partial charge in [0.2, 0.25) is 17.7 Å². The Morgan fingerprint density at radius 1 is 0.938 bits per heavy atom. The van der Waals surface area contributed by atoms with Crippen molar-refractivity contribution in [3.05, 3.63) is 35.9 Å². The number of carboxylic acids is 2. The van der Waals surface area contributed by atoms with Crippen LogP contribution in [0.2, 0.25) is 0 Å². The molecule has 176 valence electrons. The molecular weight excluding hydrogens is 420 g/mol. The SMILES string of the molecule is CC(C)C[C@H](NC(=O)CNC(=O)[C@@H](N)Cc1ccccc1)C(=O)N[C@@H](CC(=O)O)C(=O)O. The Labute approximate surface area is 185 Å². The van der Waals surface area contributed by atoms with E-state index in [9.17, 15) is 24.0 Å². The van der Waals surface area contributed by atoms with Gasteiger partial charge in [0.1, 0.15) is 12.1 Å². The predicted octanol–water partition coefficient (Wildman–Crippen LogP) is -0.752. The normalized spacial score (nSPS) is 13.5. The van der Waals surface area contributed by atoms with Gasteiger partial charge in [-0.15, -0.1) is 0 Å². The highest BCUT2D eigenvalue weighted by molar-refractivity contribution is 5.93. The maximum Gasteiger partial charge on any atom is 0.326 e. The second-order valence-corrected chi connectivity index (χ2v) is 7.76. The standard InChI is InChI=1S/C21H30N4O7/c1-12(2)8-15(20(30)25-16(21(31)32)10-18(27)28)24-17(26)11-23-19(29)14(22)9-13-6-4-3-5-7-13/h3-7,12,14-16H,8-11,22H2,1-2H3,(H,23,29)(H,24,26)(H,25,30)(H,27,28)(H,31,32)/t14-,15-,16-/m0/s1. The van der Waals surface area contributed by atoms with Crippen LogP contribution in [0.5, 0.6) is 0 Å². The molecule has 0 saturated carbocycles. The van der Waals surface area contributed by atoms with Crippen LogP contribution in [0.1, 0.15) is 32.3 Å². The second kappa shape index (κ2) is 13.1. The number of benzene rings is 1. The van der Waals surface area contributed by atoms with Gasteiger partial charge in [-0.3, -0.25) is 19.2 Å². The lowest BCUT2D eigenvalue weighted by molar-refractivity contribution is -0.147. The van der Waals surface area contributed by atoms with Crippen molar-refractivity contribution in [3.8, 4) is 0 Å². The minimum Gasteiger partial charge on any atom is -0.481 e. The number of amides is 3. The van der Waals surface area contributed by atoms with Gasteiger partial charge < -0.3 is 31.9 Å². The zero-order chi connectivity index (χ0) is 24.3. The summed E-state index contributed by atoms with van der Waals surface area (Å²) in [5.41, 5.74) is 6.73. The van der Waals surface area contributed by atoms with Crippen LogP contribution in [0.15, 0.2) is 30.3 Å². The number of nitrogens with two attached hydrogens (primary N) is 1. The van der Waals surface area contributed by atoms with Crippen molar-refractivity contribution in [2.75, 3.05) is 6.54 Å². The van der Waals surface area contributed by atoms with Crippen LogP contribution in [-0.2, 0) is 30.4 Å². The van der Waals surface area contributed by atoms with E-state index in [0.29, 0.717) is 0 Å². The Bertz CT molecular complexity index is 814. The van der Waals surface area contributed by atoms with Crippen molar-refractivity contribution in [2.45, 2.75) is 51.2 Å². The van der Waals surface area contributed by atoms with Crippen molar-refractivity contribution < 1.29 is 34.2 Å². The van der Waals surface area contributed by atoms with Crippen LogP contribution in [0.4, 0.5) is 0 Å². The highest BCUT2D eigenvalue weighted by atomic mass is 16.4. The van der Waals surface area contributed by atoms with Gasteiger partial charge in [0.05, 0.1) is 19.0 Å². The summed E-state index contributed by atoms with van der Waals surface area (Å²) in [6.07, 6.45) is -0.343. The molecule has 0 saturated heterocycles. The molecule has 11 nitrogen and oxygen atoms in total. The van der Waals surface area contributed by atoms with Gasteiger partial charge in [0.15, 0.2) is 0 Å². The van der Waals surface area contributed by atoms with Crippen LogP contribution in [0.25, 0.3) is 0 Å². The molecule has 7 N–H and O–H groups in total. The molecular formula is C21H30N4O7. The number of carbonyl (C=O) groups excluding carboxylic acids is 3. The molecule has 0 radical (unpaired) electrons. The van der Waals surface area contributed by atoms with Crippen molar-refractivity contribution >= 4 is 29.7 Å². The maximum absolute atomic E-state index is 12.5. The van der Waals surface area contributed by atoms with Gasteiger partial charge in [-0.2, -0.15) is 0 Å². The molecule has 0 aliphatic rings. The molecule has 11 heteroatoms. The number of carboxylic acid groups (broad SMARTS) is 2. The molecule has 0 aliphatic heterocycles. The smallest absolute Gasteiger partial charge is 0.326 e. The average Bonchev–Trinajstić information content (AvgIpc) is 2.70. The molecule has 1 rings (SSSR count). The molecule has 32 heavy (non-hydrogen) atoms. The van der Waals surface area contributed by atoms with Crippen LogP contribution in [-0.4, -0.2) is 64.5 Å². The zero-order valence-electron chi connectivity index (χ0n) is 18.0. The van der Waals surface area contributed by atoms with Crippen LogP contribution in [0.3, 0.4) is 0 Å². The predicted molar refractivity (Wildman–Crippen MR) is 114 cm³/mol. The van der Waals surface area contributed by atoms with Crippen molar-refractivity contribution in [2.24, 2.45) is 11.7 Å². The molecule has 3 amide bonds. The number of carbonyl (C=O) groups is 5. The highest BCUT2D eigenvalue weighted by Crippen LogP contribution is 2.06. The first-order chi connectivity index (χ1) is 15.0. The minimum absolute atomic E-state index is 0.0392. The average molecular weight is 450 g/mol. The Balaban J connectivity index is 2.64. The summed E-state index contributed by atoms with van der Waals surface area (Å²) in [5.74, 6) is -4.97. The third-order valence-corrected chi connectivity index (χ3v) is 4.41. The summed E-state index contributed by atoms with van der Waals surface area (Å²) in [6, 6.07) is 5.51. The van der Waals surface area contributed by atoms with Crippen molar-refractivity contribution in [1.29, 1.82) is 0 Å². The molecule has 1 aromatic carbocycles. The van der Waals surface area contributed by atoms with Gasteiger partial charge in [-0.1, -0.05) is 44.2 Å². The van der Waals surface area contributed by atoms with Crippen molar-refractivity contribution in [1.82, 2.24) is 16.0 Å². The Kier molecular flexibility index (Phi) is 10.8. The van der Waals surface area contributed by atoms with Gasteiger partial charge in [0.25, 0.3) is 0 Å². The number of hydrogen-bond donors (Lipinski definition) is 6. The molecule has 0 unspecified atom stereocenters. The van der Waals surface area contributed by atoms with Gasteiger partial charge in [-0.05, 0) is 24.3 Å². The fourth-order valence-electron chi connectivity index (χ4n) is 2.85. The lowest BCUT2D eigenvalue weighted by Crippen LogP contribution is -2.54. The summed E-state index contributed by atoms with van der Waals surface area (Å²) in [7, 11) is 0. The molecule has 1 aromatic rings. The van der Waals surface area contributed by atoms with Crippen molar-refractivity contribution in [3.63, 3.8) is 0 Å². The molecule has 0 aromatic heterocycles. The highest BCUT2D eigenvalue weighted by Gasteiger charge is 2.28. The Hall–Kier alpha value is -3.47. The first-order valence-electron chi connectivity index (χ1n) is 10.1. The summed E-state index contributed by atoms with van der Waals surface area (Å²) < 4.78 is 0. The molecule has 0 aliphatic carbocycles. The number of aliphatic carboxylic acids is 2. The van der Waals surface area contributed by atoms with E-state index in [0.717, 1.165) is 5.56 Å². The monoisotopic (exact) mass is 450 g/mol. The fourth-order valence-corrected chi connectivity index (χ4v) is 2.85. The summed E-state index contributed by atoms with van der Waals surface area (Å²) in [4.78, 5) is 58.9. The van der Waals surface area contributed by atoms with Gasteiger partial charge >= 0.3 is 11.9 Å².